The first-order valence-corrected chi connectivity index (χ1v) is 5.92. The van der Waals surface area contributed by atoms with Crippen LogP contribution in [0.15, 0.2) is 39.1 Å². The molecule has 2 rings (SSSR count). The third-order valence-electron chi connectivity index (χ3n) is 2.12. The van der Waals surface area contributed by atoms with E-state index in [1.54, 1.807) is 6.07 Å². The Balaban J connectivity index is 2.33. The van der Waals surface area contributed by atoms with Gasteiger partial charge in [-0.15, -0.1) is 0 Å². The number of aromatic nitrogens is 2. The van der Waals surface area contributed by atoms with Crippen molar-refractivity contribution < 1.29 is 4.39 Å². The van der Waals surface area contributed by atoms with Crippen LogP contribution in [0.1, 0.15) is 5.56 Å². The monoisotopic (exact) mass is 266 g/mol. The van der Waals surface area contributed by atoms with Gasteiger partial charge in [-0.1, -0.05) is 11.8 Å². The van der Waals surface area contributed by atoms with Crippen molar-refractivity contribution in [3.8, 4) is 0 Å². The van der Waals surface area contributed by atoms with E-state index in [-0.39, 0.29) is 23.7 Å². The maximum Gasteiger partial charge on any atom is 0.253 e. The number of nitrogens with zero attached hydrogens (tertiary/aromatic N) is 1. The molecule has 0 saturated heterocycles. The van der Waals surface area contributed by atoms with Crippen LogP contribution < -0.4 is 17.0 Å². The minimum absolute atomic E-state index is 0.122. The van der Waals surface area contributed by atoms with Crippen LogP contribution >= 0.6 is 11.8 Å². The van der Waals surface area contributed by atoms with Gasteiger partial charge in [-0.25, -0.2) is 9.37 Å². The molecule has 1 aromatic carbocycles. The number of halogens is 1. The van der Waals surface area contributed by atoms with Crippen LogP contribution in [0.2, 0.25) is 0 Å². The van der Waals surface area contributed by atoms with Gasteiger partial charge in [0.1, 0.15) is 11.6 Å². The topological polar surface area (TPSA) is 97.8 Å². The number of hydrogen-bond donors (Lipinski definition) is 3. The zero-order valence-electron chi connectivity index (χ0n) is 9.31. The second-order valence-electron chi connectivity index (χ2n) is 3.58. The normalized spacial score (nSPS) is 10.6. The highest BCUT2D eigenvalue weighted by atomic mass is 32.2. The highest BCUT2D eigenvalue weighted by molar-refractivity contribution is 7.99. The molecule has 2 aromatic rings. The molecule has 7 heteroatoms. The van der Waals surface area contributed by atoms with Gasteiger partial charge in [0.2, 0.25) is 0 Å². The quantitative estimate of drug-likeness (QED) is 0.723. The molecule has 1 heterocycles. The van der Waals surface area contributed by atoms with Crippen molar-refractivity contribution in [3.63, 3.8) is 0 Å². The predicted molar refractivity (Wildman–Crippen MR) is 67.7 cm³/mol. The maximum atomic E-state index is 13.3. The van der Waals surface area contributed by atoms with Gasteiger partial charge in [0.15, 0.2) is 5.16 Å². The van der Waals surface area contributed by atoms with Crippen molar-refractivity contribution in [3.05, 3.63) is 46.0 Å². The van der Waals surface area contributed by atoms with Crippen LogP contribution in [-0.4, -0.2) is 9.97 Å². The molecule has 0 amide bonds. The fourth-order valence-corrected chi connectivity index (χ4v) is 2.32. The first kappa shape index (κ1) is 12.6. The van der Waals surface area contributed by atoms with Gasteiger partial charge in [-0.2, -0.15) is 0 Å². The summed E-state index contributed by atoms with van der Waals surface area (Å²) in [5.74, 6) is -0.261. The number of nitrogens with one attached hydrogen (secondary N) is 1. The Kier molecular flexibility index (Phi) is 3.63. The lowest BCUT2D eigenvalue weighted by molar-refractivity contribution is 0.621. The Labute approximate surface area is 106 Å². The minimum Gasteiger partial charge on any atom is -0.383 e. The number of nitrogens with two attached hydrogens (primary N) is 2. The van der Waals surface area contributed by atoms with Gasteiger partial charge in [0.25, 0.3) is 5.56 Å². The molecule has 0 radical (unpaired) electrons. The molecule has 94 valence electrons. The standard InChI is InChI=1S/C11H11FN4OS/c12-7-1-6(5-13)2-8(3-7)18-11-15-9(14)4-10(17)16-11/h1-4H,5,13H2,(H3,14,15,16,17). The summed E-state index contributed by atoms with van der Waals surface area (Å²) in [6.45, 7) is 0.242. The first-order chi connectivity index (χ1) is 8.56. The van der Waals surface area contributed by atoms with Gasteiger partial charge in [-0.05, 0) is 23.8 Å². The average molecular weight is 266 g/mol. The summed E-state index contributed by atoms with van der Waals surface area (Å²) in [6, 6.07) is 5.62. The summed E-state index contributed by atoms with van der Waals surface area (Å²) in [4.78, 5) is 18.3. The molecule has 0 aliphatic heterocycles. The summed E-state index contributed by atoms with van der Waals surface area (Å²) in [5, 5.41) is 0.313. The molecule has 0 spiro atoms. The molecule has 0 saturated carbocycles. The van der Waals surface area contributed by atoms with Crippen LogP contribution in [0.3, 0.4) is 0 Å². The van der Waals surface area contributed by atoms with Crippen LogP contribution in [0.5, 0.6) is 0 Å². The fraction of sp³-hybridized carbons (Fsp3) is 0.0909. The summed E-state index contributed by atoms with van der Waals surface area (Å²) in [5.41, 5.74) is 11.2. The Morgan fingerprint density at radius 3 is 2.78 bits per heavy atom. The number of H-pyrrole nitrogens is 1. The summed E-state index contributed by atoms with van der Waals surface area (Å²) < 4.78 is 13.3. The van der Waals surface area contributed by atoms with Crippen molar-refractivity contribution in [2.45, 2.75) is 16.6 Å². The molecule has 0 atom stereocenters. The lowest BCUT2D eigenvalue weighted by atomic mass is 10.2. The van der Waals surface area contributed by atoms with E-state index in [0.29, 0.717) is 15.6 Å². The Morgan fingerprint density at radius 1 is 1.33 bits per heavy atom. The maximum absolute atomic E-state index is 13.3. The van der Waals surface area contributed by atoms with E-state index in [2.05, 4.69) is 9.97 Å². The molecule has 0 aliphatic rings. The third kappa shape index (κ3) is 3.08. The van der Waals surface area contributed by atoms with Crippen molar-refractivity contribution >= 4 is 17.6 Å². The van der Waals surface area contributed by atoms with Crippen LogP contribution in [0.25, 0.3) is 0 Å². The molecule has 1 aromatic heterocycles. The molecule has 5 nitrogen and oxygen atoms in total. The summed E-state index contributed by atoms with van der Waals surface area (Å²) >= 11 is 1.12. The second kappa shape index (κ2) is 5.19. The number of benzene rings is 1. The van der Waals surface area contributed by atoms with Gasteiger partial charge >= 0.3 is 0 Å². The largest absolute Gasteiger partial charge is 0.383 e. The van der Waals surface area contributed by atoms with E-state index in [1.165, 1.54) is 18.2 Å². The van der Waals surface area contributed by atoms with E-state index in [9.17, 15) is 9.18 Å². The number of anilines is 1. The molecule has 0 bridgehead atoms. The lowest BCUT2D eigenvalue weighted by Gasteiger charge is -2.04. The highest BCUT2D eigenvalue weighted by Gasteiger charge is 2.05. The van der Waals surface area contributed by atoms with E-state index in [4.69, 9.17) is 11.5 Å². The molecule has 5 N–H and O–H groups in total. The van der Waals surface area contributed by atoms with Crippen molar-refractivity contribution in [2.75, 3.05) is 5.73 Å². The van der Waals surface area contributed by atoms with Crippen LogP contribution in [0.4, 0.5) is 10.2 Å². The molecule has 18 heavy (non-hydrogen) atoms. The van der Waals surface area contributed by atoms with Crippen LogP contribution in [-0.2, 0) is 6.54 Å². The van der Waals surface area contributed by atoms with E-state index in [0.717, 1.165) is 11.8 Å². The van der Waals surface area contributed by atoms with Gasteiger partial charge < -0.3 is 16.5 Å². The van der Waals surface area contributed by atoms with Crippen molar-refractivity contribution in [2.24, 2.45) is 5.73 Å². The second-order valence-corrected chi connectivity index (χ2v) is 4.64. The van der Waals surface area contributed by atoms with Gasteiger partial charge in [0, 0.05) is 17.5 Å². The van der Waals surface area contributed by atoms with Crippen molar-refractivity contribution in [1.29, 1.82) is 0 Å². The Bertz CT molecular complexity index is 629. The number of nitrogen functional groups attached to an aromatic ring is 1. The van der Waals surface area contributed by atoms with Gasteiger partial charge in [-0.3, -0.25) is 4.79 Å². The predicted octanol–water partition coefficient (Wildman–Crippen LogP) is 1.10. The SMILES string of the molecule is NCc1cc(F)cc(Sc2nc(N)cc(=O)[nH]2)c1. The lowest BCUT2D eigenvalue weighted by Crippen LogP contribution is -2.09. The zero-order chi connectivity index (χ0) is 13.1. The summed E-state index contributed by atoms with van der Waals surface area (Å²) in [6.07, 6.45) is 0. The van der Waals surface area contributed by atoms with Crippen LogP contribution in [0, 0.1) is 5.82 Å². The number of hydrogen-bond acceptors (Lipinski definition) is 5. The minimum atomic E-state index is -0.383. The Hall–Kier alpha value is -1.86. The summed E-state index contributed by atoms with van der Waals surface area (Å²) in [7, 11) is 0. The molecular formula is C11H11FN4OS. The van der Waals surface area contributed by atoms with Gasteiger partial charge in [0.05, 0.1) is 0 Å². The highest BCUT2D eigenvalue weighted by Crippen LogP contribution is 2.26. The van der Waals surface area contributed by atoms with E-state index in [1.807, 2.05) is 0 Å². The number of rotatable bonds is 3. The molecule has 0 fully saturated rings. The molecule has 0 aliphatic carbocycles. The molecular weight excluding hydrogens is 255 g/mol. The first-order valence-electron chi connectivity index (χ1n) is 5.11. The van der Waals surface area contributed by atoms with Crippen molar-refractivity contribution in [1.82, 2.24) is 9.97 Å². The zero-order valence-corrected chi connectivity index (χ0v) is 10.1. The Morgan fingerprint density at radius 2 is 2.11 bits per heavy atom. The molecule has 0 unspecified atom stereocenters. The fourth-order valence-electron chi connectivity index (χ4n) is 1.41. The smallest absolute Gasteiger partial charge is 0.253 e. The van der Waals surface area contributed by atoms with E-state index >= 15 is 0 Å². The third-order valence-corrected chi connectivity index (χ3v) is 2.98. The number of aromatic amines is 1. The van der Waals surface area contributed by atoms with E-state index < -0.39 is 0 Å². The average Bonchev–Trinajstić information content (AvgIpc) is 2.26.